The summed E-state index contributed by atoms with van der Waals surface area (Å²) in [5.74, 6) is -0.722. The van der Waals surface area contributed by atoms with Gasteiger partial charge >= 0.3 is 0 Å². The Kier molecular flexibility index (Phi) is 6.38. The number of halogens is 2. The van der Waals surface area contributed by atoms with E-state index in [0.717, 1.165) is 25.6 Å². The number of benzene rings is 1. The second-order valence-corrected chi connectivity index (χ2v) is 5.25. The maximum absolute atomic E-state index is 13.7. The first-order chi connectivity index (χ1) is 9.00. The number of nitrogens with one attached hydrogen (secondary N) is 1. The van der Waals surface area contributed by atoms with Crippen LogP contribution in [-0.4, -0.2) is 26.8 Å². The molecule has 2 nitrogen and oxygen atoms in total. The van der Waals surface area contributed by atoms with E-state index in [0.29, 0.717) is 18.6 Å². The van der Waals surface area contributed by atoms with Crippen molar-refractivity contribution < 1.29 is 13.5 Å². The fourth-order valence-electron chi connectivity index (χ4n) is 2.02. The quantitative estimate of drug-likeness (QED) is 0.733. The average molecular weight is 271 g/mol. The number of methoxy groups -OCH3 is 1. The summed E-state index contributed by atoms with van der Waals surface area (Å²) in [6.07, 6.45) is 1.41. The van der Waals surface area contributed by atoms with Crippen LogP contribution in [0.15, 0.2) is 18.2 Å². The van der Waals surface area contributed by atoms with Crippen LogP contribution in [0.1, 0.15) is 25.8 Å². The van der Waals surface area contributed by atoms with Gasteiger partial charge in [0.2, 0.25) is 0 Å². The van der Waals surface area contributed by atoms with Gasteiger partial charge in [-0.05, 0) is 42.0 Å². The van der Waals surface area contributed by atoms with Crippen LogP contribution in [0, 0.1) is 17.0 Å². The van der Waals surface area contributed by atoms with Gasteiger partial charge in [0.15, 0.2) is 0 Å². The minimum absolute atomic E-state index is 0.0949. The molecule has 0 saturated carbocycles. The number of hydrogen-bond donors (Lipinski definition) is 1. The third-order valence-corrected chi connectivity index (χ3v) is 3.51. The van der Waals surface area contributed by atoms with E-state index in [2.05, 4.69) is 19.2 Å². The van der Waals surface area contributed by atoms with Crippen LogP contribution in [0.2, 0.25) is 0 Å². The van der Waals surface area contributed by atoms with E-state index in [-0.39, 0.29) is 17.0 Å². The summed E-state index contributed by atoms with van der Waals surface area (Å²) >= 11 is 0. The van der Waals surface area contributed by atoms with Crippen molar-refractivity contribution in [3.8, 4) is 0 Å². The molecule has 1 unspecified atom stereocenters. The van der Waals surface area contributed by atoms with Gasteiger partial charge in [-0.3, -0.25) is 0 Å². The van der Waals surface area contributed by atoms with Gasteiger partial charge in [-0.1, -0.05) is 13.8 Å². The van der Waals surface area contributed by atoms with Crippen molar-refractivity contribution in [1.29, 1.82) is 0 Å². The molecule has 0 aliphatic carbocycles. The highest BCUT2D eigenvalue weighted by atomic mass is 19.1. The van der Waals surface area contributed by atoms with Gasteiger partial charge in [-0.2, -0.15) is 0 Å². The average Bonchev–Trinajstić information content (AvgIpc) is 2.39. The SMILES string of the molecule is CCC(C)(CNCCOC)Cc1cc(F)ccc1F. The molecular weight excluding hydrogens is 248 g/mol. The van der Waals surface area contributed by atoms with Crippen LogP contribution in [0.5, 0.6) is 0 Å². The van der Waals surface area contributed by atoms with Crippen molar-refractivity contribution in [2.24, 2.45) is 5.41 Å². The molecule has 0 heterocycles. The molecule has 0 radical (unpaired) electrons. The van der Waals surface area contributed by atoms with E-state index in [4.69, 9.17) is 4.74 Å². The Labute approximate surface area is 114 Å². The van der Waals surface area contributed by atoms with Crippen molar-refractivity contribution in [3.63, 3.8) is 0 Å². The number of rotatable bonds is 8. The van der Waals surface area contributed by atoms with Crippen molar-refractivity contribution in [2.75, 3.05) is 26.8 Å². The maximum atomic E-state index is 13.7. The Hall–Kier alpha value is -1.00. The lowest BCUT2D eigenvalue weighted by Crippen LogP contribution is -2.35. The van der Waals surface area contributed by atoms with Gasteiger partial charge in [0, 0.05) is 20.2 Å². The van der Waals surface area contributed by atoms with Crippen LogP contribution in [0.3, 0.4) is 0 Å². The zero-order valence-electron chi connectivity index (χ0n) is 11.9. The molecule has 0 amide bonds. The topological polar surface area (TPSA) is 21.3 Å². The molecule has 0 bridgehead atoms. The lowest BCUT2D eigenvalue weighted by molar-refractivity contribution is 0.191. The molecule has 0 fully saturated rings. The Bertz CT molecular complexity index is 398. The Morgan fingerprint density at radius 2 is 2.05 bits per heavy atom. The molecule has 19 heavy (non-hydrogen) atoms. The molecule has 0 spiro atoms. The number of ether oxygens (including phenoxy) is 1. The summed E-state index contributed by atoms with van der Waals surface area (Å²) in [4.78, 5) is 0. The molecule has 0 aromatic heterocycles. The zero-order valence-corrected chi connectivity index (χ0v) is 11.9. The first-order valence-electron chi connectivity index (χ1n) is 6.64. The van der Waals surface area contributed by atoms with E-state index in [1.54, 1.807) is 7.11 Å². The molecular formula is C15H23F2NO. The minimum Gasteiger partial charge on any atom is -0.383 e. The van der Waals surface area contributed by atoms with E-state index < -0.39 is 0 Å². The van der Waals surface area contributed by atoms with Gasteiger partial charge in [0.25, 0.3) is 0 Å². The standard InChI is InChI=1S/C15H23F2NO/c1-4-15(2,11-18-7-8-19-3)10-12-9-13(16)5-6-14(12)17/h5-6,9,18H,4,7-8,10-11H2,1-3H3. The summed E-state index contributed by atoms with van der Waals surface area (Å²) in [6.45, 7) is 6.31. The van der Waals surface area contributed by atoms with Gasteiger partial charge in [-0.25, -0.2) is 8.78 Å². The van der Waals surface area contributed by atoms with Gasteiger partial charge in [-0.15, -0.1) is 0 Å². The predicted octanol–water partition coefficient (Wildman–Crippen LogP) is 3.16. The second-order valence-electron chi connectivity index (χ2n) is 5.25. The molecule has 1 aromatic carbocycles. The lowest BCUT2D eigenvalue weighted by Gasteiger charge is -2.29. The van der Waals surface area contributed by atoms with E-state index in [1.807, 2.05) is 0 Å². The highest BCUT2D eigenvalue weighted by Crippen LogP contribution is 2.27. The van der Waals surface area contributed by atoms with Crippen molar-refractivity contribution in [1.82, 2.24) is 5.32 Å². The third-order valence-electron chi connectivity index (χ3n) is 3.51. The van der Waals surface area contributed by atoms with Crippen LogP contribution in [0.25, 0.3) is 0 Å². The van der Waals surface area contributed by atoms with Crippen molar-refractivity contribution >= 4 is 0 Å². The van der Waals surface area contributed by atoms with E-state index in [9.17, 15) is 8.78 Å². The van der Waals surface area contributed by atoms with Gasteiger partial charge < -0.3 is 10.1 Å². The monoisotopic (exact) mass is 271 g/mol. The molecule has 0 saturated heterocycles. The largest absolute Gasteiger partial charge is 0.383 e. The summed E-state index contributed by atoms with van der Waals surface area (Å²) in [5.41, 5.74) is 0.348. The highest BCUT2D eigenvalue weighted by molar-refractivity contribution is 5.20. The third kappa shape index (κ3) is 5.25. The number of hydrogen-bond acceptors (Lipinski definition) is 2. The molecule has 108 valence electrons. The van der Waals surface area contributed by atoms with E-state index >= 15 is 0 Å². The summed E-state index contributed by atoms with van der Waals surface area (Å²) in [5, 5.41) is 3.29. The molecule has 1 atom stereocenters. The molecule has 1 N–H and O–H groups in total. The normalized spacial score (nSPS) is 14.4. The molecule has 1 rings (SSSR count). The fraction of sp³-hybridized carbons (Fsp3) is 0.600. The Morgan fingerprint density at radius 3 is 2.68 bits per heavy atom. The first-order valence-corrected chi connectivity index (χ1v) is 6.64. The molecule has 4 heteroatoms. The summed E-state index contributed by atoms with van der Waals surface area (Å²) in [7, 11) is 1.66. The smallest absolute Gasteiger partial charge is 0.126 e. The highest BCUT2D eigenvalue weighted by Gasteiger charge is 2.23. The summed E-state index contributed by atoms with van der Waals surface area (Å²) in [6, 6.07) is 3.64. The molecule has 0 aliphatic heterocycles. The fourth-order valence-corrected chi connectivity index (χ4v) is 2.02. The molecule has 0 aliphatic rings. The van der Waals surface area contributed by atoms with Crippen LogP contribution in [-0.2, 0) is 11.2 Å². The zero-order chi connectivity index (χ0) is 14.3. The van der Waals surface area contributed by atoms with Crippen LogP contribution in [0.4, 0.5) is 8.78 Å². The molecule has 1 aromatic rings. The Balaban J connectivity index is 2.66. The van der Waals surface area contributed by atoms with Crippen molar-refractivity contribution in [2.45, 2.75) is 26.7 Å². The Morgan fingerprint density at radius 1 is 1.32 bits per heavy atom. The van der Waals surface area contributed by atoms with Crippen LogP contribution >= 0.6 is 0 Å². The van der Waals surface area contributed by atoms with Gasteiger partial charge in [0.05, 0.1) is 6.61 Å². The second kappa shape index (κ2) is 7.56. The lowest BCUT2D eigenvalue weighted by atomic mass is 9.81. The van der Waals surface area contributed by atoms with Crippen molar-refractivity contribution in [3.05, 3.63) is 35.4 Å². The van der Waals surface area contributed by atoms with Gasteiger partial charge in [0.1, 0.15) is 11.6 Å². The van der Waals surface area contributed by atoms with E-state index in [1.165, 1.54) is 12.1 Å². The predicted molar refractivity (Wildman–Crippen MR) is 73.2 cm³/mol. The maximum Gasteiger partial charge on any atom is 0.126 e. The first kappa shape index (κ1) is 16.1. The summed E-state index contributed by atoms with van der Waals surface area (Å²) < 4.78 is 31.8. The minimum atomic E-state index is -0.387. The van der Waals surface area contributed by atoms with Crippen LogP contribution < -0.4 is 5.32 Å².